The number of ether oxygens (including phenoxy) is 1. The molecule has 0 amide bonds. The molecule has 1 fully saturated rings. The van der Waals surface area contributed by atoms with Crippen molar-refractivity contribution in [2.75, 3.05) is 6.61 Å². The summed E-state index contributed by atoms with van der Waals surface area (Å²) >= 11 is 0. The average molecular weight is 258 g/mol. The highest BCUT2D eigenvalue weighted by atomic mass is 19.4. The Labute approximate surface area is 103 Å². The second kappa shape index (κ2) is 5.00. The van der Waals surface area contributed by atoms with E-state index in [4.69, 9.17) is 4.74 Å². The maximum Gasteiger partial charge on any atom is 0.419 e. The smallest absolute Gasteiger partial charge is 0.419 e. The Balaban J connectivity index is 2.18. The van der Waals surface area contributed by atoms with Crippen molar-refractivity contribution in [1.29, 1.82) is 0 Å². The van der Waals surface area contributed by atoms with Crippen LogP contribution in [0.4, 0.5) is 13.2 Å². The number of carbonyl (C=O) groups is 1. The van der Waals surface area contributed by atoms with E-state index < -0.39 is 11.7 Å². The van der Waals surface area contributed by atoms with E-state index in [1.807, 2.05) is 0 Å². The van der Waals surface area contributed by atoms with Crippen LogP contribution in [0.15, 0.2) is 18.2 Å². The fourth-order valence-electron chi connectivity index (χ4n) is 1.84. The zero-order valence-corrected chi connectivity index (χ0v) is 9.67. The lowest BCUT2D eigenvalue weighted by Gasteiger charge is -2.26. The molecule has 98 valence electrons. The number of halogens is 3. The first-order valence-corrected chi connectivity index (χ1v) is 5.80. The van der Waals surface area contributed by atoms with Crippen LogP contribution in [-0.4, -0.2) is 12.9 Å². The third-order valence-electron chi connectivity index (χ3n) is 3.14. The number of alkyl halides is 3. The first-order valence-electron chi connectivity index (χ1n) is 5.80. The van der Waals surface area contributed by atoms with E-state index in [-0.39, 0.29) is 11.3 Å². The highest BCUT2D eigenvalue weighted by Crippen LogP contribution is 2.37. The second-order valence-electron chi connectivity index (χ2n) is 4.48. The van der Waals surface area contributed by atoms with Crippen molar-refractivity contribution in [1.82, 2.24) is 0 Å². The number of rotatable bonds is 4. The topological polar surface area (TPSA) is 26.3 Å². The maximum absolute atomic E-state index is 12.8. The predicted octanol–water partition coefficient (Wildman–Crippen LogP) is 3.70. The van der Waals surface area contributed by atoms with Gasteiger partial charge in [-0.2, -0.15) is 13.2 Å². The third kappa shape index (κ3) is 2.83. The van der Waals surface area contributed by atoms with Crippen LogP contribution in [-0.2, 0) is 6.18 Å². The summed E-state index contributed by atoms with van der Waals surface area (Å²) in [5, 5.41) is 0. The Morgan fingerprint density at radius 3 is 2.56 bits per heavy atom. The lowest BCUT2D eigenvalue weighted by atomic mass is 9.86. The molecular weight excluding hydrogens is 245 g/mol. The van der Waals surface area contributed by atoms with Crippen LogP contribution in [0.1, 0.15) is 35.2 Å². The van der Waals surface area contributed by atoms with Gasteiger partial charge in [-0.15, -0.1) is 0 Å². The summed E-state index contributed by atoms with van der Waals surface area (Å²) in [5.74, 6) is 0.164. The molecule has 0 heterocycles. The van der Waals surface area contributed by atoms with E-state index in [1.165, 1.54) is 12.1 Å². The van der Waals surface area contributed by atoms with E-state index in [0.29, 0.717) is 18.8 Å². The quantitative estimate of drug-likeness (QED) is 0.770. The van der Waals surface area contributed by atoms with Crippen LogP contribution in [0.3, 0.4) is 0 Å². The van der Waals surface area contributed by atoms with Crippen LogP contribution in [0, 0.1) is 5.92 Å². The minimum absolute atomic E-state index is 0.00156. The van der Waals surface area contributed by atoms with Crippen molar-refractivity contribution in [3.8, 4) is 5.75 Å². The van der Waals surface area contributed by atoms with Crippen LogP contribution in [0.5, 0.6) is 5.75 Å². The summed E-state index contributed by atoms with van der Waals surface area (Å²) in [7, 11) is 0. The van der Waals surface area contributed by atoms with Crippen LogP contribution >= 0.6 is 0 Å². The first-order chi connectivity index (χ1) is 8.50. The molecule has 0 radical (unpaired) electrons. The summed E-state index contributed by atoms with van der Waals surface area (Å²) in [5.41, 5.74) is -0.884. The summed E-state index contributed by atoms with van der Waals surface area (Å²) in [4.78, 5) is 10.5. The minimum atomic E-state index is -4.51. The van der Waals surface area contributed by atoms with Gasteiger partial charge >= 0.3 is 6.18 Å². The van der Waals surface area contributed by atoms with Gasteiger partial charge in [0.25, 0.3) is 0 Å². The molecule has 0 aromatic heterocycles. The Morgan fingerprint density at radius 2 is 2.06 bits per heavy atom. The zero-order valence-electron chi connectivity index (χ0n) is 9.67. The number of hydrogen-bond donors (Lipinski definition) is 0. The minimum Gasteiger partial charge on any atom is -0.493 e. The molecule has 0 aliphatic heterocycles. The van der Waals surface area contributed by atoms with E-state index in [9.17, 15) is 18.0 Å². The largest absolute Gasteiger partial charge is 0.493 e. The van der Waals surface area contributed by atoms with Crippen LogP contribution in [0.2, 0.25) is 0 Å². The van der Waals surface area contributed by atoms with Gasteiger partial charge in [-0.25, -0.2) is 0 Å². The van der Waals surface area contributed by atoms with E-state index >= 15 is 0 Å². The lowest BCUT2D eigenvalue weighted by Crippen LogP contribution is -2.20. The molecule has 0 bridgehead atoms. The van der Waals surface area contributed by atoms with Crippen LogP contribution < -0.4 is 4.74 Å². The molecule has 0 atom stereocenters. The van der Waals surface area contributed by atoms with Crippen molar-refractivity contribution in [3.63, 3.8) is 0 Å². The van der Waals surface area contributed by atoms with Crippen molar-refractivity contribution < 1.29 is 22.7 Å². The predicted molar refractivity (Wildman–Crippen MR) is 59.7 cm³/mol. The Hall–Kier alpha value is -1.52. The van der Waals surface area contributed by atoms with E-state index in [2.05, 4.69) is 0 Å². The number of benzene rings is 1. The molecule has 0 N–H and O–H groups in total. The summed E-state index contributed by atoms with van der Waals surface area (Å²) in [6.45, 7) is 0.309. The molecule has 1 aromatic rings. The van der Waals surface area contributed by atoms with Gasteiger partial charge < -0.3 is 4.74 Å². The molecule has 1 saturated carbocycles. The molecule has 5 heteroatoms. The molecule has 0 spiro atoms. The van der Waals surface area contributed by atoms with Crippen molar-refractivity contribution >= 4 is 6.29 Å². The molecule has 0 saturated heterocycles. The highest BCUT2D eigenvalue weighted by Gasteiger charge is 2.35. The first kappa shape index (κ1) is 12.9. The summed E-state index contributed by atoms with van der Waals surface area (Å²) < 4.78 is 43.6. The zero-order chi connectivity index (χ0) is 13.2. The SMILES string of the molecule is O=Cc1ccc(OCC2CCC2)c(C(F)(F)F)c1. The van der Waals surface area contributed by atoms with Gasteiger partial charge in [-0.05, 0) is 37.0 Å². The fraction of sp³-hybridized carbons (Fsp3) is 0.462. The van der Waals surface area contributed by atoms with Gasteiger partial charge in [-0.1, -0.05) is 6.42 Å². The molecule has 1 aliphatic carbocycles. The van der Waals surface area contributed by atoms with E-state index in [1.54, 1.807) is 0 Å². The molecule has 1 aliphatic rings. The number of aldehydes is 1. The van der Waals surface area contributed by atoms with Gasteiger partial charge in [0.1, 0.15) is 12.0 Å². The van der Waals surface area contributed by atoms with Crippen molar-refractivity contribution in [2.45, 2.75) is 25.4 Å². The van der Waals surface area contributed by atoms with Gasteiger partial charge in [0.2, 0.25) is 0 Å². The normalized spacial score (nSPS) is 16.2. The molecule has 2 nitrogen and oxygen atoms in total. The number of hydrogen-bond acceptors (Lipinski definition) is 2. The van der Waals surface area contributed by atoms with Gasteiger partial charge in [0.15, 0.2) is 0 Å². The molecule has 2 rings (SSSR count). The molecule has 0 unspecified atom stereocenters. The van der Waals surface area contributed by atoms with Gasteiger partial charge in [0, 0.05) is 5.56 Å². The summed E-state index contributed by atoms with van der Waals surface area (Å²) in [6.07, 6.45) is -0.981. The monoisotopic (exact) mass is 258 g/mol. The molecular formula is C13H13F3O2. The highest BCUT2D eigenvalue weighted by molar-refractivity contribution is 5.75. The number of carbonyl (C=O) groups excluding carboxylic acids is 1. The average Bonchev–Trinajstić information content (AvgIpc) is 2.26. The lowest BCUT2D eigenvalue weighted by molar-refractivity contribution is -0.139. The Bertz CT molecular complexity index is 436. The standard InChI is InChI=1S/C13H13F3O2/c14-13(15,16)11-6-10(7-17)4-5-12(11)18-8-9-2-1-3-9/h4-7,9H,1-3,8H2. The fourth-order valence-corrected chi connectivity index (χ4v) is 1.84. The van der Waals surface area contributed by atoms with Crippen molar-refractivity contribution in [2.24, 2.45) is 5.92 Å². The third-order valence-corrected chi connectivity index (χ3v) is 3.14. The molecule has 18 heavy (non-hydrogen) atoms. The van der Waals surface area contributed by atoms with Crippen molar-refractivity contribution in [3.05, 3.63) is 29.3 Å². The van der Waals surface area contributed by atoms with Crippen LogP contribution in [0.25, 0.3) is 0 Å². The Morgan fingerprint density at radius 1 is 1.33 bits per heavy atom. The van der Waals surface area contributed by atoms with Gasteiger partial charge in [-0.3, -0.25) is 4.79 Å². The Kier molecular flexibility index (Phi) is 3.59. The maximum atomic E-state index is 12.8. The van der Waals surface area contributed by atoms with E-state index in [0.717, 1.165) is 25.3 Å². The molecule has 1 aromatic carbocycles. The van der Waals surface area contributed by atoms with Gasteiger partial charge in [0.05, 0.1) is 12.2 Å². The summed E-state index contributed by atoms with van der Waals surface area (Å²) in [6, 6.07) is 3.37. The second-order valence-corrected chi connectivity index (χ2v) is 4.48.